The Hall–Kier alpha value is -1.27. The summed E-state index contributed by atoms with van der Waals surface area (Å²) in [6, 6.07) is 0. The highest BCUT2D eigenvalue weighted by Crippen LogP contribution is 2.57. The summed E-state index contributed by atoms with van der Waals surface area (Å²) in [5.74, 6) is 1.75. The van der Waals surface area contributed by atoms with Gasteiger partial charge in [0, 0.05) is 0 Å². The number of esters is 2. The van der Waals surface area contributed by atoms with Gasteiger partial charge in [0.1, 0.15) is 5.60 Å². The molecule has 0 aliphatic heterocycles. The van der Waals surface area contributed by atoms with Gasteiger partial charge >= 0.3 is 18.1 Å². The lowest BCUT2D eigenvalue weighted by Crippen LogP contribution is -2.53. The fourth-order valence-electron chi connectivity index (χ4n) is 5.12. The monoisotopic (exact) mass is 448 g/mol. The molecule has 4 aliphatic rings. The fraction of sp³-hybridized carbons (Fsp3) is 0.917. The molecule has 0 atom stereocenters. The number of hydrogen-bond acceptors (Lipinski definition) is 4. The topological polar surface area (TPSA) is 52.6 Å². The van der Waals surface area contributed by atoms with Crippen LogP contribution in [0, 0.1) is 28.6 Å². The van der Waals surface area contributed by atoms with Crippen molar-refractivity contribution in [3.8, 4) is 0 Å². The summed E-state index contributed by atoms with van der Waals surface area (Å²) in [4.78, 5) is 23.4. The van der Waals surface area contributed by atoms with Gasteiger partial charge in [0.15, 0.2) is 6.61 Å². The van der Waals surface area contributed by atoms with Gasteiger partial charge in [0.25, 0.3) is 0 Å². The van der Waals surface area contributed by atoms with E-state index in [4.69, 9.17) is 4.74 Å². The van der Waals surface area contributed by atoms with Crippen LogP contribution in [0.4, 0.5) is 13.2 Å². The highest BCUT2D eigenvalue weighted by molar-refractivity contribution is 5.76. The third-order valence-electron chi connectivity index (χ3n) is 7.53. The van der Waals surface area contributed by atoms with E-state index < -0.39 is 24.2 Å². The normalized spacial score (nSPS) is 29.8. The van der Waals surface area contributed by atoms with Crippen LogP contribution in [0.1, 0.15) is 92.9 Å². The quantitative estimate of drug-likeness (QED) is 0.438. The predicted octanol–water partition coefficient (Wildman–Crippen LogP) is 6.46. The van der Waals surface area contributed by atoms with E-state index in [0.717, 1.165) is 43.4 Å². The lowest BCUT2D eigenvalue weighted by atomic mass is 9.54. The molecule has 0 heterocycles. The predicted molar refractivity (Wildman–Crippen MR) is 112 cm³/mol. The molecule has 0 aromatic heterocycles. The van der Waals surface area contributed by atoms with Crippen molar-refractivity contribution in [3.63, 3.8) is 0 Å². The molecule has 0 amide bonds. The number of rotatable bonds is 6. The molecule has 4 fully saturated rings. The zero-order chi connectivity index (χ0) is 23.7. The first-order valence-corrected chi connectivity index (χ1v) is 11.6. The number of hydrogen-bond donors (Lipinski definition) is 0. The highest BCUT2D eigenvalue weighted by Gasteiger charge is 2.54. The first-order valence-electron chi connectivity index (χ1n) is 11.6. The van der Waals surface area contributed by atoms with Crippen molar-refractivity contribution >= 4 is 11.9 Å². The van der Waals surface area contributed by atoms with Gasteiger partial charge in [-0.1, -0.05) is 13.8 Å². The Balaban J connectivity index is 0.000000235. The van der Waals surface area contributed by atoms with Crippen molar-refractivity contribution < 1.29 is 32.2 Å². The molecule has 0 N–H and O–H groups in total. The third-order valence-corrected chi connectivity index (χ3v) is 7.53. The fourth-order valence-corrected chi connectivity index (χ4v) is 5.12. The minimum absolute atomic E-state index is 0.0342. The Labute approximate surface area is 184 Å². The molecule has 0 unspecified atom stereocenters. The Bertz CT molecular complexity index is 616. The first-order chi connectivity index (χ1) is 14.1. The smallest absolute Gasteiger partial charge is 0.422 e. The molecule has 0 spiro atoms. The molecule has 4 aliphatic carbocycles. The van der Waals surface area contributed by atoms with E-state index in [0.29, 0.717) is 6.42 Å². The molecule has 0 aromatic rings. The van der Waals surface area contributed by atoms with Crippen LogP contribution in [-0.2, 0) is 19.1 Å². The minimum atomic E-state index is -4.44. The molecule has 31 heavy (non-hydrogen) atoms. The number of ether oxygens (including phenoxy) is 2. The van der Waals surface area contributed by atoms with Gasteiger partial charge in [-0.15, -0.1) is 0 Å². The molecule has 4 rings (SSSR count). The summed E-state index contributed by atoms with van der Waals surface area (Å²) in [5, 5.41) is 0. The molecule has 4 bridgehead atoms. The zero-order valence-electron chi connectivity index (χ0n) is 19.9. The van der Waals surface area contributed by atoms with Crippen molar-refractivity contribution in [1.29, 1.82) is 0 Å². The largest absolute Gasteiger partial charge is 0.459 e. The lowest BCUT2D eigenvalue weighted by molar-refractivity contribution is -0.196. The molecule has 180 valence electrons. The van der Waals surface area contributed by atoms with Crippen molar-refractivity contribution in [1.82, 2.24) is 0 Å². The number of halogens is 3. The van der Waals surface area contributed by atoms with Gasteiger partial charge in [-0.05, 0) is 96.8 Å². The third kappa shape index (κ3) is 6.85. The average Bonchev–Trinajstić information content (AvgIpc) is 2.64. The van der Waals surface area contributed by atoms with Crippen LogP contribution in [0.5, 0.6) is 0 Å². The second-order valence-electron chi connectivity index (χ2n) is 11.2. The second kappa shape index (κ2) is 9.30. The van der Waals surface area contributed by atoms with Crippen molar-refractivity contribution in [2.75, 3.05) is 6.61 Å². The molecule has 7 heteroatoms. The average molecular weight is 449 g/mol. The van der Waals surface area contributed by atoms with E-state index in [9.17, 15) is 22.8 Å². The van der Waals surface area contributed by atoms with Crippen molar-refractivity contribution in [3.05, 3.63) is 0 Å². The van der Waals surface area contributed by atoms with E-state index in [1.54, 1.807) is 20.8 Å². The van der Waals surface area contributed by atoms with Crippen LogP contribution >= 0.6 is 0 Å². The van der Waals surface area contributed by atoms with Crippen LogP contribution in [-0.4, -0.2) is 30.3 Å². The number of alkyl halides is 3. The summed E-state index contributed by atoms with van der Waals surface area (Å²) >= 11 is 0. The minimum Gasteiger partial charge on any atom is -0.459 e. The Kier molecular flexibility index (Phi) is 7.80. The van der Waals surface area contributed by atoms with Crippen LogP contribution in [0.2, 0.25) is 0 Å². The Morgan fingerprint density at radius 2 is 1.19 bits per heavy atom. The lowest BCUT2D eigenvalue weighted by Gasteiger charge is -2.56. The maximum absolute atomic E-state index is 12.4. The van der Waals surface area contributed by atoms with E-state index >= 15 is 0 Å². The summed E-state index contributed by atoms with van der Waals surface area (Å²) in [7, 11) is 0. The van der Waals surface area contributed by atoms with Gasteiger partial charge in [0.05, 0.1) is 10.8 Å². The van der Waals surface area contributed by atoms with Crippen molar-refractivity contribution in [2.45, 2.75) is 105 Å². The molecule has 4 saturated carbocycles. The maximum atomic E-state index is 12.4. The van der Waals surface area contributed by atoms with Crippen LogP contribution in [0.3, 0.4) is 0 Å². The van der Waals surface area contributed by atoms with Crippen LogP contribution in [0.25, 0.3) is 0 Å². The SMILES string of the molecule is CCC(C)(C)C(=O)OC12CC3CC(CC(C3)C1)C2.CCC(C)(C)C(=O)OCC(F)(F)F. The van der Waals surface area contributed by atoms with Gasteiger partial charge < -0.3 is 9.47 Å². The molecular formula is C24H39F3O4. The second-order valence-corrected chi connectivity index (χ2v) is 11.2. The standard InChI is InChI=1S/C16H26O2.C8H13F3O2/c1-4-15(2,3)14(17)18-16-8-11-5-12(9-16)7-13(6-11)10-16;1-4-7(2,3)6(12)13-5-8(9,10)11/h11-13H,4-10H2,1-3H3;4-5H2,1-3H3. The summed E-state index contributed by atoms with van der Waals surface area (Å²) in [5.41, 5.74) is -1.23. The van der Waals surface area contributed by atoms with Gasteiger partial charge in [-0.25, -0.2) is 0 Å². The first kappa shape index (κ1) is 26.0. The van der Waals surface area contributed by atoms with E-state index in [1.165, 1.54) is 19.3 Å². The van der Waals surface area contributed by atoms with E-state index in [1.807, 2.05) is 13.8 Å². The maximum Gasteiger partial charge on any atom is 0.422 e. The summed E-state index contributed by atoms with van der Waals surface area (Å²) in [6.07, 6.45) is 4.48. The number of carbonyl (C=O) groups is 2. The summed E-state index contributed by atoms with van der Waals surface area (Å²) < 4.78 is 45.1. The van der Waals surface area contributed by atoms with Crippen molar-refractivity contribution in [2.24, 2.45) is 28.6 Å². The van der Waals surface area contributed by atoms with Gasteiger partial charge in [-0.2, -0.15) is 13.2 Å². The highest BCUT2D eigenvalue weighted by atomic mass is 19.4. The molecule has 0 saturated heterocycles. The van der Waals surface area contributed by atoms with Crippen LogP contribution in [0.15, 0.2) is 0 Å². The van der Waals surface area contributed by atoms with E-state index in [-0.39, 0.29) is 17.0 Å². The molecule has 0 aromatic carbocycles. The van der Waals surface area contributed by atoms with Gasteiger partial charge in [0.2, 0.25) is 0 Å². The Morgan fingerprint density at radius 1 is 0.806 bits per heavy atom. The zero-order valence-corrected chi connectivity index (χ0v) is 19.9. The molecule has 0 radical (unpaired) electrons. The molecular weight excluding hydrogens is 409 g/mol. The van der Waals surface area contributed by atoms with Gasteiger partial charge in [-0.3, -0.25) is 9.59 Å². The van der Waals surface area contributed by atoms with Crippen LogP contribution < -0.4 is 0 Å². The number of carbonyl (C=O) groups excluding carboxylic acids is 2. The van der Waals surface area contributed by atoms with E-state index in [2.05, 4.69) is 11.7 Å². The summed E-state index contributed by atoms with van der Waals surface area (Å²) in [6.45, 7) is 9.40. The Morgan fingerprint density at radius 3 is 1.55 bits per heavy atom. The molecule has 4 nitrogen and oxygen atoms in total.